The minimum absolute atomic E-state index is 0.0793. The molecule has 0 fully saturated rings. The van der Waals surface area contributed by atoms with Gasteiger partial charge in [0, 0.05) is 41.8 Å². The van der Waals surface area contributed by atoms with E-state index in [0.717, 1.165) is 16.3 Å². The van der Waals surface area contributed by atoms with Crippen LogP contribution in [-0.4, -0.2) is 66.5 Å². The average Bonchev–Trinajstić information content (AvgIpc) is 3.73. The fraction of sp³-hybridized carbons (Fsp3) is 0.364. The van der Waals surface area contributed by atoms with Gasteiger partial charge in [-0.3, -0.25) is 9.59 Å². The number of fused-ring (bicyclic) bond motifs is 4. The molecular weight excluding hydrogens is 594 g/mol. The quantitative estimate of drug-likeness (QED) is 0.174. The molecular formula is C33H36ClN7O4. The van der Waals surface area contributed by atoms with Crippen LogP contribution in [0.1, 0.15) is 73.5 Å². The number of aromatic amines is 1. The van der Waals surface area contributed by atoms with Gasteiger partial charge < -0.3 is 25.0 Å². The number of phenolic OH excluding ortho intramolecular Hbond substituents is 1. The van der Waals surface area contributed by atoms with Gasteiger partial charge >= 0.3 is 0 Å². The Morgan fingerprint density at radius 2 is 1.89 bits per heavy atom. The van der Waals surface area contributed by atoms with Crippen LogP contribution in [0.25, 0.3) is 21.7 Å². The Kier molecular flexibility index (Phi) is 7.78. The molecule has 1 aliphatic heterocycles. The number of hydrogen-bond donors (Lipinski definition) is 3. The van der Waals surface area contributed by atoms with Gasteiger partial charge in [-0.25, -0.2) is 9.67 Å². The van der Waals surface area contributed by atoms with Crippen molar-refractivity contribution in [1.29, 1.82) is 0 Å². The number of amides is 2. The normalized spacial score (nSPS) is 15.2. The number of hydrogen-bond acceptors (Lipinski definition) is 7. The van der Waals surface area contributed by atoms with Gasteiger partial charge in [-0.2, -0.15) is 0 Å². The third-order valence-corrected chi connectivity index (χ3v) is 8.52. The summed E-state index contributed by atoms with van der Waals surface area (Å²) in [6.45, 7) is 11.0. The zero-order chi connectivity index (χ0) is 32.1. The Morgan fingerprint density at radius 1 is 1.13 bits per heavy atom. The third kappa shape index (κ3) is 5.97. The molecule has 234 valence electrons. The first-order valence-electron chi connectivity index (χ1n) is 14.8. The summed E-state index contributed by atoms with van der Waals surface area (Å²) in [7, 11) is 0. The fourth-order valence-electron chi connectivity index (χ4n) is 5.67. The zero-order valence-electron chi connectivity index (χ0n) is 25.9. The number of phenols is 1. The van der Waals surface area contributed by atoms with Crippen LogP contribution in [0.3, 0.4) is 0 Å². The molecule has 0 saturated heterocycles. The number of nitrogens with one attached hydrogen (secondary N) is 2. The predicted molar refractivity (Wildman–Crippen MR) is 174 cm³/mol. The van der Waals surface area contributed by atoms with Gasteiger partial charge in [0.1, 0.15) is 17.3 Å². The molecule has 4 heterocycles. The van der Waals surface area contributed by atoms with E-state index in [4.69, 9.17) is 16.3 Å². The number of H-pyrrole nitrogens is 1. The largest absolute Gasteiger partial charge is 0.507 e. The van der Waals surface area contributed by atoms with Crippen molar-refractivity contribution in [3.8, 4) is 5.75 Å². The number of halogens is 1. The third-order valence-electron chi connectivity index (χ3n) is 8.15. The van der Waals surface area contributed by atoms with Crippen LogP contribution >= 0.6 is 11.6 Å². The van der Waals surface area contributed by atoms with E-state index in [2.05, 4.69) is 25.6 Å². The molecule has 45 heavy (non-hydrogen) atoms. The summed E-state index contributed by atoms with van der Waals surface area (Å²) in [5, 5.41) is 24.1. The summed E-state index contributed by atoms with van der Waals surface area (Å²) in [4.78, 5) is 36.0. The lowest BCUT2D eigenvalue weighted by atomic mass is 9.95. The number of anilines is 2. The molecule has 0 spiro atoms. The van der Waals surface area contributed by atoms with Crippen molar-refractivity contribution in [3.05, 3.63) is 71.8 Å². The fourth-order valence-corrected chi connectivity index (χ4v) is 5.92. The molecule has 3 N–H and O–H groups in total. The number of alkyl halides is 1. The Bertz CT molecular complexity index is 1920. The lowest BCUT2D eigenvalue weighted by Crippen LogP contribution is -2.30. The summed E-state index contributed by atoms with van der Waals surface area (Å²) in [5.41, 5.74) is 2.09. The first-order valence-corrected chi connectivity index (χ1v) is 15.4. The van der Waals surface area contributed by atoms with Gasteiger partial charge in [0.25, 0.3) is 11.8 Å². The van der Waals surface area contributed by atoms with Crippen molar-refractivity contribution in [2.45, 2.75) is 58.1 Å². The molecule has 12 heteroatoms. The Balaban J connectivity index is 1.19. The first kappa shape index (κ1) is 30.5. The van der Waals surface area contributed by atoms with Crippen molar-refractivity contribution in [1.82, 2.24) is 25.0 Å². The van der Waals surface area contributed by atoms with E-state index in [1.165, 1.54) is 0 Å². The van der Waals surface area contributed by atoms with E-state index in [-0.39, 0.29) is 28.9 Å². The highest BCUT2D eigenvalue weighted by Gasteiger charge is 2.35. The number of rotatable bonds is 8. The minimum atomic E-state index is -0.450. The van der Waals surface area contributed by atoms with Crippen LogP contribution < -0.4 is 10.2 Å². The van der Waals surface area contributed by atoms with Gasteiger partial charge in [-0.15, -0.1) is 16.7 Å². The van der Waals surface area contributed by atoms with Crippen molar-refractivity contribution < 1.29 is 19.4 Å². The molecule has 0 aliphatic carbocycles. The lowest BCUT2D eigenvalue weighted by Gasteiger charge is -2.27. The second-order valence-electron chi connectivity index (χ2n) is 13.0. The number of carbonyl (C=O) groups is 2. The second kappa shape index (κ2) is 11.5. The van der Waals surface area contributed by atoms with Crippen LogP contribution in [0.5, 0.6) is 5.75 Å². The Morgan fingerprint density at radius 3 is 2.62 bits per heavy atom. The summed E-state index contributed by atoms with van der Waals surface area (Å²) >= 11 is 6.35. The summed E-state index contributed by atoms with van der Waals surface area (Å²) in [6, 6.07) is 12.6. The molecule has 0 bridgehead atoms. The smallest absolute Gasteiger partial charge is 0.278 e. The number of aromatic hydroxyl groups is 1. The van der Waals surface area contributed by atoms with Gasteiger partial charge in [-0.1, -0.05) is 29.5 Å². The van der Waals surface area contributed by atoms with Crippen LogP contribution in [-0.2, 0) is 10.3 Å². The van der Waals surface area contributed by atoms with E-state index in [1.807, 2.05) is 58.9 Å². The maximum Gasteiger partial charge on any atom is 0.278 e. The zero-order valence-corrected chi connectivity index (χ0v) is 26.6. The Hall–Kier alpha value is -4.48. The lowest BCUT2D eigenvalue weighted by molar-refractivity contribution is -0.0153. The number of nitrogens with zero attached hydrogens (tertiary/aromatic N) is 5. The minimum Gasteiger partial charge on any atom is -0.507 e. The van der Waals surface area contributed by atoms with Crippen LogP contribution in [0.15, 0.2) is 54.9 Å². The molecule has 6 rings (SSSR count). The van der Waals surface area contributed by atoms with Crippen molar-refractivity contribution in [2.24, 2.45) is 0 Å². The van der Waals surface area contributed by atoms with Crippen LogP contribution in [0, 0.1) is 0 Å². The second-order valence-corrected chi connectivity index (χ2v) is 13.3. The van der Waals surface area contributed by atoms with E-state index >= 15 is 0 Å². The molecule has 3 aromatic heterocycles. The van der Waals surface area contributed by atoms with Gasteiger partial charge in [0.05, 0.1) is 34.7 Å². The molecule has 1 aliphatic rings. The van der Waals surface area contributed by atoms with E-state index in [0.29, 0.717) is 53.6 Å². The molecule has 5 aromatic rings. The number of carbonyl (C=O) groups excluding carboxylic acids is 2. The highest BCUT2D eigenvalue weighted by Crippen LogP contribution is 2.45. The average molecular weight is 630 g/mol. The monoisotopic (exact) mass is 629 g/mol. The van der Waals surface area contributed by atoms with Gasteiger partial charge in [-0.05, 0) is 64.1 Å². The first-order chi connectivity index (χ1) is 21.3. The summed E-state index contributed by atoms with van der Waals surface area (Å²) in [5.74, 6) is -0.0340. The maximum absolute atomic E-state index is 13.8. The summed E-state index contributed by atoms with van der Waals surface area (Å²) in [6.07, 6.45) is 3.87. The van der Waals surface area contributed by atoms with Gasteiger partial charge in [0.15, 0.2) is 5.69 Å². The van der Waals surface area contributed by atoms with E-state index in [9.17, 15) is 14.7 Å². The molecule has 11 nitrogen and oxygen atoms in total. The van der Waals surface area contributed by atoms with Gasteiger partial charge in [0.2, 0.25) is 0 Å². The highest BCUT2D eigenvalue weighted by atomic mass is 35.5. The molecule has 1 unspecified atom stereocenters. The van der Waals surface area contributed by atoms with Crippen molar-refractivity contribution in [3.63, 3.8) is 0 Å². The SMILES string of the molecule is CC(C)(C)OCCC(C)(C)n1cc(C(=O)Nc2cc3cc(C(=O)N4CC(CCl)c5c4cc(O)c4ccccc54)[nH]c3cn2)nn1. The van der Waals surface area contributed by atoms with Crippen molar-refractivity contribution >= 4 is 56.6 Å². The Labute approximate surface area is 265 Å². The maximum atomic E-state index is 13.8. The van der Waals surface area contributed by atoms with E-state index in [1.54, 1.807) is 40.2 Å². The van der Waals surface area contributed by atoms with Crippen molar-refractivity contribution in [2.75, 3.05) is 29.2 Å². The molecule has 2 amide bonds. The number of pyridine rings is 1. The summed E-state index contributed by atoms with van der Waals surface area (Å²) < 4.78 is 7.52. The predicted octanol–water partition coefficient (Wildman–Crippen LogP) is 6.19. The molecule has 1 atom stereocenters. The van der Waals surface area contributed by atoms with E-state index < -0.39 is 11.4 Å². The standard InChI is InChI=1S/C33H36ClN7O4/c1-32(2,3)45-11-10-33(4,5)41-18-25(38-39-41)30(43)37-28-13-19-12-23(36-24(19)16-35-28)31(44)40-17-20(15-34)29-22-9-7-6-8-21(22)27(42)14-26(29)40/h6-9,12-14,16,18,20,36,42H,10-11,15,17H2,1-5H3,(H,35,37,43). The highest BCUT2D eigenvalue weighted by molar-refractivity contribution is 6.19. The number of benzene rings is 2. The topological polar surface area (TPSA) is 138 Å². The molecule has 0 saturated carbocycles. The van der Waals surface area contributed by atoms with Crippen LogP contribution in [0.2, 0.25) is 0 Å². The number of aromatic nitrogens is 5. The van der Waals surface area contributed by atoms with Crippen LogP contribution in [0.4, 0.5) is 11.5 Å². The number of ether oxygens (including phenoxy) is 1. The molecule has 2 aromatic carbocycles. The molecule has 0 radical (unpaired) electrons.